The van der Waals surface area contributed by atoms with Gasteiger partial charge in [0.2, 0.25) is 5.91 Å². The van der Waals surface area contributed by atoms with E-state index < -0.39 is 5.41 Å². The van der Waals surface area contributed by atoms with Crippen molar-refractivity contribution in [2.45, 2.75) is 64.7 Å². The SMILES string of the molecule is CCC(CC)(CC(=O)c1cc(OCC2CC2)c(C2CC2)cn1)C(=O)NC. The molecule has 2 aliphatic rings. The fraction of sp³-hybridized carbons (Fsp3) is 0.667. The Bertz CT molecular complexity index is 674. The molecule has 0 bridgehead atoms. The van der Waals surface area contributed by atoms with Crippen molar-refractivity contribution in [3.05, 3.63) is 23.5 Å². The number of hydrogen-bond donors (Lipinski definition) is 1. The fourth-order valence-electron chi connectivity index (χ4n) is 3.48. The molecule has 5 heteroatoms. The maximum Gasteiger partial charge on any atom is 0.226 e. The van der Waals surface area contributed by atoms with Crippen molar-refractivity contribution < 1.29 is 14.3 Å². The molecule has 26 heavy (non-hydrogen) atoms. The van der Waals surface area contributed by atoms with Crippen LogP contribution in [0.5, 0.6) is 5.75 Å². The number of aromatic nitrogens is 1. The van der Waals surface area contributed by atoms with Gasteiger partial charge in [-0.2, -0.15) is 0 Å². The minimum atomic E-state index is -0.669. The number of nitrogens with one attached hydrogen (secondary N) is 1. The van der Waals surface area contributed by atoms with Gasteiger partial charge in [-0.25, -0.2) is 0 Å². The zero-order valence-electron chi connectivity index (χ0n) is 16.1. The van der Waals surface area contributed by atoms with Gasteiger partial charge in [0.1, 0.15) is 11.4 Å². The zero-order chi connectivity index (χ0) is 18.7. The normalized spacial score (nSPS) is 17.0. The van der Waals surface area contributed by atoms with E-state index in [1.807, 2.05) is 20.0 Å². The number of rotatable bonds is 10. The molecule has 2 saturated carbocycles. The Hall–Kier alpha value is -1.91. The lowest BCUT2D eigenvalue weighted by molar-refractivity contribution is -0.131. The van der Waals surface area contributed by atoms with Gasteiger partial charge in [0.15, 0.2) is 5.78 Å². The highest BCUT2D eigenvalue weighted by Gasteiger charge is 2.37. The van der Waals surface area contributed by atoms with Gasteiger partial charge in [0, 0.05) is 31.3 Å². The first kappa shape index (κ1) is 18.9. The Balaban J connectivity index is 1.79. The molecule has 0 unspecified atom stereocenters. The molecule has 1 amide bonds. The number of pyridine rings is 1. The quantitative estimate of drug-likeness (QED) is 0.645. The first-order chi connectivity index (χ1) is 12.5. The summed E-state index contributed by atoms with van der Waals surface area (Å²) in [5, 5.41) is 2.71. The number of amides is 1. The van der Waals surface area contributed by atoms with Crippen molar-refractivity contribution >= 4 is 11.7 Å². The molecule has 1 N–H and O–H groups in total. The van der Waals surface area contributed by atoms with Crippen LogP contribution in [-0.4, -0.2) is 30.3 Å². The molecule has 2 fully saturated rings. The third kappa shape index (κ3) is 4.08. The van der Waals surface area contributed by atoms with Crippen LogP contribution in [0.3, 0.4) is 0 Å². The van der Waals surface area contributed by atoms with Crippen LogP contribution in [0.1, 0.15) is 80.8 Å². The van der Waals surface area contributed by atoms with Crippen LogP contribution in [0, 0.1) is 11.3 Å². The van der Waals surface area contributed by atoms with Crippen LogP contribution in [0.2, 0.25) is 0 Å². The van der Waals surface area contributed by atoms with Crippen molar-refractivity contribution in [1.29, 1.82) is 0 Å². The molecule has 1 heterocycles. The maximum atomic E-state index is 12.9. The summed E-state index contributed by atoms with van der Waals surface area (Å²) in [4.78, 5) is 29.7. The first-order valence-electron chi connectivity index (χ1n) is 9.91. The van der Waals surface area contributed by atoms with E-state index >= 15 is 0 Å². The largest absolute Gasteiger partial charge is 0.493 e. The van der Waals surface area contributed by atoms with E-state index in [1.165, 1.54) is 25.7 Å². The highest BCUT2D eigenvalue weighted by Crippen LogP contribution is 2.45. The second-order valence-electron chi connectivity index (χ2n) is 7.80. The minimum absolute atomic E-state index is 0.0735. The monoisotopic (exact) mass is 358 g/mol. The van der Waals surface area contributed by atoms with E-state index in [9.17, 15) is 9.59 Å². The lowest BCUT2D eigenvalue weighted by atomic mass is 9.76. The average Bonchev–Trinajstić information content (AvgIpc) is 3.57. The summed E-state index contributed by atoms with van der Waals surface area (Å²) in [5.74, 6) is 1.84. The smallest absolute Gasteiger partial charge is 0.226 e. The molecule has 0 radical (unpaired) electrons. The summed E-state index contributed by atoms with van der Waals surface area (Å²) in [5.41, 5.74) is 0.874. The number of ether oxygens (including phenoxy) is 1. The molecule has 1 aromatic rings. The molecule has 0 aliphatic heterocycles. The van der Waals surface area contributed by atoms with Gasteiger partial charge in [-0.3, -0.25) is 14.6 Å². The second kappa shape index (κ2) is 7.77. The van der Waals surface area contributed by atoms with E-state index in [-0.39, 0.29) is 18.1 Å². The van der Waals surface area contributed by atoms with Gasteiger partial charge in [-0.15, -0.1) is 0 Å². The summed E-state index contributed by atoms with van der Waals surface area (Å²) >= 11 is 0. The summed E-state index contributed by atoms with van der Waals surface area (Å²) in [6.45, 7) is 4.64. The average molecular weight is 358 g/mol. The predicted molar refractivity (Wildman–Crippen MR) is 100 cm³/mol. The third-order valence-electron chi connectivity index (χ3n) is 5.93. The number of ketones is 1. The van der Waals surface area contributed by atoms with Gasteiger partial charge in [-0.1, -0.05) is 13.8 Å². The van der Waals surface area contributed by atoms with Gasteiger partial charge in [0.05, 0.1) is 12.0 Å². The number of carbonyl (C=O) groups excluding carboxylic acids is 2. The Morgan fingerprint density at radius 3 is 2.46 bits per heavy atom. The summed E-state index contributed by atoms with van der Waals surface area (Å²) < 4.78 is 6.03. The minimum Gasteiger partial charge on any atom is -0.493 e. The van der Waals surface area contributed by atoms with Crippen molar-refractivity contribution in [2.24, 2.45) is 11.3 Å². The van der Waals surface area contributed by atoms with E-state index in [0.29, 0.717) is 30.4 Å². The highest BCUT2D eigenvalue weighted by molar-refractivity contribution is 5.98. The van der Waals surface area contributed by atoms with Crippen LogP contribution in [0.25, 0.3) is 0 Å². The van der Waals surface area contributed by atoms with Crippen LogP contribution < -0.4 is 10.1 Å². The summed E-state index contributed by atoms with van der Waals surface area (Å²) in [7, 11) is 1.62. The van der Waals surface area contributed by atoms with Crippen LogP contribution in [0.4, 0.5) is 0 Å². The van der Waals surface area contributed by atoms with Crippen LogP contribution in [-0.2, 0) is 4.79 Å². The van der Waals surface area contributed by atoms with Gasteiger partial charge in [0.25, 0.3) is 0 Å². The van der Waals surface area contributed by atoms with Gasteiger partial charge < -0.3 is 10.1 Å². The molecule has 2 aliphatic carbocycles. The van der Waals surface area contributed by atoms with Crippen molar-refractivity contribution in [1.82, 2.24) is 10.3 Å². The maximum absolute atomic E-state index is 12.9. The zero-order valence-corrected chi connectivity index (χ0v) is 16.1. The fourth-order valence-corrected chi connectivity index (χ4v) is 3.48. The highest BCUT2D eigenvalue weighted by atomic mass is 16.5. The van der Waals surface area contributed by atoms with Crippen molar-refractivity contribution in [3.63, 3.8) is 0 Å². The Morgan fingerprint density at radius 1 is 1.23 bits per heavy atom. The Morgan fingerprint density at radius 2 is 1.92 bits per heavy atom. The molecule has 0 atom stereocenters. The molecule has 3 rings (SSSR count). The molecule has 0 aromatic carbocycles. The molecule has 142 valence electrons. The Labute approximate surface area is 155 Å². The van der Waals surface area contributed by atoms with Gasteiger partial charge in [-0.05, 0) is 50.4 Å². The lowest BCUT2D eigenvalue weighted by Gasteiger charge is -2.28. The molecule has 0 saturated heterocycles. The molecule has 0 spiro atoms. The first-order valence-corrected chi connectivity index (χ1v) is 9.91. The number of Topliss-reactive ketones (excluding diaryl/α,β-unsaturated/α-hetero) is 1. The second-order valence-corrected chi connectivity index (χ2v) is 7.80. The van der Waals surface area contributed by atoms with E-state index in [1.54, 1.807) is 13.1 Å². The van der Waals surface area contributed by atoms with Crippen LogP contribution >= 0.6 is 0 Å². The number of carbonyl (C=O) groups is 2. The van der Waals surface area contributed by atoms with Crippen LogP contribution in [0.15, 0.2) is 12.3 Å². The molecule has 5 nitrogen and oxygen atoms in total. The summed E-state index contributed by atoms with van der Waals surface area (Å²) in [6, 6.07) is 1.80. The molecule has 1 aromatic heterocycles. The molecular formula is C21H30N2O3. The standard InChI is InChI=1S/C21H30N2O3/c1-4-21(5-2,20(25)22-3)11-18(24)17-10-19(26-13-14-6-7-14)16(12-23-17)15-8-9-15/h10,12,14-15H,4-9,11,13H2,1-3H3,(H,22,25). The van der Waals surface area contributed by atoms with Crippen molar-refractivity contribution in [2.75, 3.05) is 13.7 Å². The van der Waals surface area contributed by atoms with E-state index in [0.717, 1.165) is 17.9 Å². The predicted octanol–water partition coefficient (Wildman–Crippen LogP) is 3.87. The molecular weight excluding hydrogens is 328 g/mol. The summed E-state index contributed by atoms with van der Waals surface area (Å²) in [6.07, 6.45) is 8.04. The Kier molecular flexibility index (Phi) is 5.64. The third-order valence-corrected chi connectivity index (χ3v) is 5.93. The number of hydrogen-bond acceptors (Lipinski definition) is 4. The topological polar surface area (TPSA) is 68.3 Å². The van der Waals surface area contributed by atoms with E-state index in [2.05, 4.69) is 10.3 Å². The van der Waals surface area contributed by atoms with Gasteiger partial charge >= 0.3 is 0 Å². The number of nitrogens with zero attached hydrogens (tertiary/aromatic N) is 1. The lowest BCUT2D eigenvalue weighted by Crippen LogP contribution is -2.40. The van der Waals surface area contributed by atoms with Crippen molar-refractivity contribution in [3.8, 4) is 5.75 Å². The van der Waals surface area contributed by atoms with E-state index in [4.69, 9.17) is 4.74 Å².